The highest BCUT2D eigenvalue weighted by Crippen LogP contribution is 2.36. The Bertz CT molecular complexity index is 696. The molecular formula is C23H35N3O2. The van der Waals surface area contributed by atoms with Gasteiger partial charge in [-0.2, -0.15) is 0 Å². The van der Waals surface area contributed by atoms with Gasteiger partial charge in [-0.3, -0.25) is 9.69 Å². The van der Waals surface area contributed by atoms with Crippen LogP contribution in [0.15, 0.2) is 24.3 Å². The minimum absolute atomic E-state index is 0.148. The number of piperidine rings is 2. The predicted octanol–water partition coefficient (Wildman–Crippen LogP) is 2.85. The summed E-state index contributed by atoms with van der Waals surface area (Å²) in [5.74, 6) is 0.192. The van der Waals surface area contributed by atoms with Crippen molar-refractivity contribution in [1.82, 2.24) is 10.2 Å². The molecule has 3 saturated heterocycles. The summed E-state index contributed by atoms with van der Waals surface area (Å²) in [6, 6.07) is 9.02. The largest absolute Gasteiger partial charge is 0.388 e. The summed E-state index contributed by atoms with van der Waals surface area (Å²) in [5.41, 5.74) is 1.76. The number of rotatable bonds is 3. The minimum Gasteiger partial charge on any atom is -0.388 e. The maximum atomic E-state index is 12.1. The van der Waals surface area contributed by atoms with Crippen molar-refractivity contribution in [3.05, 3.63) is 29.8 Å². The second kappa shape index (κ2) is 7.68. The molecule has 3 aliphatic rings. The number of aryl methyl sites for hydroxylation is 1. The number of nitrogens with zero attached hydrogens (tertiary/aromatic N) is 2. The van der Waals surface area contributed by atoms with Crippen LogP contribution < -0.4 is 10.2 Å². The van der Waals surface area contributed by atoms with Gasteiger partial charge in [-0.05, 0) is 71.0 Å². The number of hydrogen-bond acceptors (Lipinski definition) is 4. The highest BCUT2D eigenvalue weighted by atomic mass is 16.3. The summed E-state index contributed by atoms with van der Waals surface area (Å²) in [7, 11) is 0. The third-order valence-corrected chi connectivity index (χ3v) is 7.21. The van der Waals surface area contributed by atoms with Gasteiger partial charge in [-0.15, -0.1) is 0 Å². The van der Waals surface area contributed by atoms with Crippen LogP contribution in [0.1, 0.15) is 57.4 Å². The summed E-state index contributed by atoms with van der Waals surface area (Å²) >= 11 is 0. The van der Waals surface area contributed by atoms with E-state index >= 15 is 0 Å². The van der Waals surface area contributed by atoms with Crippen molar-refractivity contribution in [3.63, 3.8) is 0 Å². The van der Waals surface area contributed by atoms with Crippen LogP contribution in [0.25, 0.3) is 0 Å². The average molecular weight is 386 g/mol. The fraction of sp³-hybridized carbons (Fsp3) is 0.696. The molecule has 4 rings (SSSR count). The Balaban J connectivity index is 1.41. The molecule has 0 radical (unpaired) electrons. The fourth-order valence-electron chi connectivity index (χ4n) is 5.52. The third-order valence-electron chi connectivity index (χ3n) is 7.21. The molecule has 2 N–H and O–H groups in total. The molecule has 0 aromatic heterocycles. The zero-order valence-corrected chi connectivity index (χ0v) is 17.4. The van der Waals surface area contributed by atoms with Crippen LogP contribution in [0, 0.1) is 6.92 Å². The van der Waals surface area contributed by atoms with E-state index in [1.54, 1.807) is 0 Å². The van der Waals surface area contributed by atoms with Gasteiger partial charge in [0, 0.05) is 37.8 Å². The number of nitrogens with one attached hydrogen (secondary N) is 1. The second-order valence-corrected chi connectivity index (χ2v) is 9.49. The number of benzene rings is 1. The van der Waals surface area contributed by atoms with Gasteiger partial charge in [0.15, 0.2) is 0 Å². The van der Waals surface area contributed by atoms with Gasteiger partial charge < -0.3 is 15.3 Å². The predicted molar refractivity (Wildman–Crippen MR) is 113 cm³/mol. The molecule has 0 saturated carbocycles. The molecule has 0 unspecified atom stereocenters. The zero-order chi connectivity index (χ0) is 19.8. The number of amides is 1. The van der Waals surface area contributed by atoms with Crippen molar-refractivity contribution in [1.29, 1.82) is 0 Å². The summed E-state index contributed by atoms with van der Waals surface area (Å²) in [6.45, 7) is 7.86. The molecule has 3 fully saturated rings. The second-order valence-electron chi connectivity index (χ2n) is 9.49. The molecular weight excluding hydrogens is 350 g/mol. The molecule has 0 bridgehead atoms. The molecule has 1 amide bonds. The summed E-state index contributed by atoms with van der Waals surface area (Å²) in [6.07, 6.45) is 6.34. The van der Waals surface area contributed by atoms with Gasteiger partial charge in [0.25, 0.3) is 0 Å². The van der Waals surface area contributed by atoms with Crippen molar-refractivity contribution in [2.24, 2.45) is 0 Å². The molecule has 5 heteroatoms. The van der Waals surface area contributed by atoms with Gasteiger partial charge in [-0.1, -0.05) is 17.7 Å². The molecule has 1 aromatic carbocycles. The number of β-amino-alcohol motifs (C(OH)–C–C–N with tert-alkyl or cyclic N) is 1. The number of aliphatic hydroxyl groups is 1. The van der Waals surface area contributed by atoms with Crippen LogP contribution in [-0.4, -0.2) is 59.3 Å². The molecule has 2 atom stereocenters. The van der Waals surface area contributed by atoms with Crippen LogP contribution in [0.5, 0.6) is 0 Å². The van der Waals surface area contributed by atoms with Crippen LogP contribution in [0.4, 0.5) is 5.69 Å². The van der Waals surface area contributed by atoms with E-state index in [9.17, 15) is 9.90 Å². The lowest BCUT2D eigenvalue weighted by atomic mass is 9.79. The Morgan fingerprint density at radius 1 is 1.11 bits per heavy atom. The van der Waals surface area contributed by atoms with Crippen molar-refractivity contribution < 1.29 is 9.90 Å². The van der Waals surface area contributed by atoms with Crippen LogP contribution in [0.3, 0.4) is 0 Å². The summed E-state index contributed by atoms with van der Waals surface area (Å²) in [5, 5.41) is 14.7. The van der Waals surface area contributed by atoms with Crippen LogP contribution in [-0.2, 0) is 4.79 Å². The lowest BCUT2D eigenvalue weighted by Crippen LogP contribution is -2.65. The van der Waals surface area contributed by atoms with Crippen molar-refractivity contribution >= 4 is 11.6 Å². The number of likely N-dealkylation sites (tertiary alicyclic amines) is 1. The number of fused-ring (bicyclic) bond motifs is 1. The van der Waals surface area contributed by atoms with Crippen LogP contribution >= 0.6 is 0 Å². The minimum atomic E-state index is -0.629. The molecule has 3 heterocycles. The molecule has 28 heavy (non-hydrogen) atoms. The zero-order valence-electron chi connectivity index (χ0n) is 17.4. The van der Waals surface area contributed by atoms with E-state index in [1.165, 1.54) is 11.3 Å². The SMILES string of the molecule is Cc1ccc(N2CCC(O)(CN3CCC[C@]4(C)NC(=O)CCC[C@H]34)CC2)cc1. The maximum absolute atomic E-state index is 12.1. The number of hydrogen-bond donors (Lipinski definition) is 2. The van der Waals surface area contributed by atoms with E-state index in [0.29, 0.717) is 12.5 Å². The highest BCUT2D eigenvalue weighted by molar-refractivity contribution is 5.77. The molecule has 5 nitrogen and oxygen atoms in total. The first-order valence-corrected chi connectivity index (χ1v) is 11.0. The number of anilines is 1. The lowest BCUT2D eigenvalue weighted by Gasteiger charge is -2.51. The van der Waals surface area contributed by atoms with Crippen molar-refractivity contribution in [2.45, 2.75) is 76.0 Å². The Kier molecular flexibility index (Phi) is 5.41. The Morgan fingerprint density at radius 2 is 1.82 bits per heavy atom. The molecule has 3 aliphatic heterocycles. The monoisotopic (exact) mass is 385 g/mol. The average Bonchev–Trinajstić information content (AvgIpc) is 2.81. The molecule has 0 spiro atoms. The normalized spacial score (nSPS) is 31.0. The Morgan fingerprint density at radius 3 is 2.54 bits per heavy atom. The van der Waals surface area contributed by atoms with E-state index in [4.69, 9.17) is 0 Å². The third kappa shape index (κ3) is 4.06. The summed E-state index contributed by atoms with van der Waals surface area (Å²) < 4.78 is 0. The van der Waals surface area contributed by atoms with Gasteiger partial charge >= 0.3 is 0 Å². The van der Waals surface area contributed by atoms with Crippen LogP contribution in [0.2, 0.25) is 0 Å². The molecule has 154 valence electrons. The smallest absolute Gasteiger partial charge is 0.220 e. The van der Waals surface area contributed by atoms with E-state index < -0.39 is 5.60 Å². The lowest BCUT2D eigenvalue weighted by molar-refractivity contribution is -0.123. The van der Waals surface area contributed by atoms with Crippen molar-refractivity contribution in [2.75, 3.05) is 31.1 Å². The standard InChI is InChI=1S/C23H35N3O2/c1-18-7-9-19(10-8-18)25-15-12-23(28,13-16-25)17-26-14-4-11-22(2)20(26)5-3-6-21(27)24-22/h7-10,20,28H,3-6,11-17H2,1-2H3,(H,24,27)/t20-,22-/m0/s1. The fourth-order valence-corrected chi connectivity index (χ4v) is 5.52. The quantitative estimate of drug-likeness (QED) is 0.840. The number of carbonyl (C=O) groups excluding carboxylic acids is 1. The van der Waals surface area contributed by atoms with E-state index in [-0.39, 0.29) is 11.4 Å². The Hall–Kier alpha value is -1.59. The molecule has 1 aromatic rings. The van der Waals surface area contributed by atoms with Gasteiger partial charge in [0.05, 0.1) is 11.1 Å². The molecule has 0 aliphatic carbocycles. The van der Waals surface area contributed by atoms with E-state index in [0.717, 1.165) is 64.7 Å². The first-order valence-electron chi connectivity index (χ1n) is 11.0. The van der Waals surface area contributed by atoms with Gasteiger partial charge in [0.2, 0.25) is 5.91 Å². The maximum Gasteiger partial charge on any atom is 0.220 e. The first kappa shape index (κ1) is 19.7. The van der Waals surface area contributed by atoms with Crippen molar-refractivity contribution in [3.8, 4) is 0 Å². The summed E-state index contributed by atoms with van der Waals surface area (Å²) in [4.78, 5) is 17.0. The Labute approximate surface area is 169 Å². The van der Waals surface area contributed by atoms with E-state index in [2.05, 4.69) is 53.2 Å². The van der Waals surface area contributed by atoms with Gasteiger partial charge in [0.1, 0.15) is 0 Å². The highest BCUT2D eigenvalue weighted by Gasteiger charge is 2.45. The topological polar surface area (TPSA) is 55.8 Å². The van der Waals surface area contributed by atoms with E-state index in [1.807, 2.05) is 0 Å². The van der Waals surface area contributed by atoms with Gasteiger partial charge in [-0.25, -0.2) is 0 Å². The number of carbonyl (C=O) groups is 1. The first-order chi connectivity index (χ1) is 13.4.